The van der Waals surface area contributed by atoms with Gasteiger partial charge < -0.3 is 5.32 Å². The van der Waals surface area contributed by atoms with Crippen LogP contribution in [-0.2, 0) is 15.3 Å². The van der Waals surface area contributed by atoms with Gasteiger partial charge in [0.1, 0.15) is 0 Å². The lowest BCUT2D eigenvalue weighted by Crippen LogP contribution is -2.42. The number of para-hydroxylation sites is 1. The molecular formula is C28H39N3O3S. The zero-order chi connectivity index (χ0) is 25.1. The highest BCUT2D eigenvalue weighted by Crippen LogP contribution is 2.16. The molecular weight excluding hydrogens is 458 g/mol. The van der Waals surface area contributed by atoms with Crippen molar-refractivity contribution in [1.29, 1.82) is 0 Å². The Morgan fingerprint density at radius 2 is 1.34 bits per heavy atom. The molecule has 190 valence electrons. The molecule has 2 aromatic rings. The molecule has 0 saturated carbocycles. The molecule has 0 saturated heterocycles. The molecule has 0 spiro atoms. The molecule has 0 fully saturated rings. The van der Waals surface area contributed by atoms with E-state index in [-0.39, 0.29) is 17.6 Å². The molecule has 0 heterocycles. The van der Waals surface area contributed by atoms with E-state index in [1.165, 1.54) is 50.3 Å². The van der Waals surface area contributed by atoms with Crippen molar-refractivity contribution in [2.24, 2.45) is 0 Å². The first kappa shape index (κ1) is 28.4. The number of amides is 3. The minimum Gasteiger partial charge on any atom is -0.325 e. The Kier molecular flexibility index (Phi) is 14.3. The van der Waals surface area contributed by atoms with Crippen LogP contribution in [0, 0.1) is 0 Å². The molecule has 2 rings (SSSR count). The molecule has 6 nitrogen and oxygen atoms in total. The van der Waals surface area contributed by atoms with E-state index in [2.05, 4.69) is 23.1 Å². The second-order valence-electron chi connectivity index (χ2n) is 8.65. The quantitative estimate of drug-likeness (QED) is 0.189. The number of hydrogen-bond acceptors (Lipinski definition) is 4. The third kappa shape index (κ3) is 12.5. The van der Waals surface area contributed by atoms with Gasteiger partial charge in [0.2, 0.25) is 11.8 Å². The first-order chi connectivity index (χ1) is 17.1. The number of nitrogens with one attached hydrogen (secondary N) is 3. The standard InChI is InChI=1S/C28H39N3O3S/c1-2-3-4-5-6-7-8-9-13-20-26(32)29-25-19-15-14-18-24(25)28(34)31-30-27(33)22-35-21-23-16-11-10-12-17-23/h10-12,14-19H,2-9,13,20-22H2,1H3,(H,29,32)(H,30,33)(H,31,34). The maximum absolute atomic E-state index is 12.6. The SMILES string of the molecule is CCCCCCCCCCCC(=O)Nc1ccccc1C(=O)NNC(=O)CSCc1ccccc1. The van der Waals surface area contributed by atoms with Crippen LogP contribution < -0.4 is 16.2 Å². The van der Waals surface area contributed by atoms with Gasteiger partial charge in [-0.05, 0) is 24.1 Å². The number of carbonyl (C=O) groups excluding carboxylic acids is 3. The predicted molar refractivity (Wildman–Crippen MR) is 145 cm³/mol. The monoisotopic (exact) mass is 497 g/mol. The summed E-state index contributed by atoms with van der Waals surface area (Å²) in [7, 11) is 0. The molecule has 2 aromatic carbocycles. The Bertz CT molecular complexity index is 905. The fourth-order valence-corrected chi connectivity index (χ4v) is 4.45. The van der Waals surface area contributed by atoms with E-state index in [1.54, 1.807) is 24.3 Å². The second-order valence-corrected chi connectivity index (χ2v) is 9.64. The van der Waals surface area contributed by atoms with Crippen molar-refractivity contribution in [3.8, 4) is 0 Å². The molecule has 0 unspecified atom stereocenters. The van der Waals surface area contributed by atoms with Crippen LogP contribution in [0.2, 0.25) is 0 Å². The lowest BCUT2D eigenvalue weighted by Gasteiger charge is -2.12. The number of carbonyl (C=O) groups is 3. The lowest BCUT2D eigenvalue weighted by atomic mass is 10.1. The molecule has 0 aromatic heterocycles. The molecule has 0 radical (unpaired) electrons. The highest BCUT2D eigenvalue weighted by Gasteiger charge is 2.14. The van der Waals surface area contributed by atoms with E-state index in [0.717, 1.165) is 30.6 Å². The fourth-order valence-electron chi connectivity index (χ4n) is 3.66. The number of thioether (sulfide) groups is 1. The summed E-state index contributed by atoms with van der Waals surface area (Å²) in [4.78, 5) is 37.0. The van der Waals surface area contributed by atoms with Gasteiger partial charge in [0.15, 0.2) is 0 Å². The van der Waals surface area contributed by atoms with Crippen LogP contribution in [0.1, 0.15) is 87.1 Å². The van der Waals surface area contributed by atoms with Crippen LogP contribution in [0.3, 0.4) is 0 Å². The second kappa shape index (κ2) is 17.6. The maximum Gasteiger partial charge on any atom is 0.271 e. The van der Waals surface area contributed by atoms with Crippen molar-refractivity contribution >= 4 is 35.2 Å². The number of rotatable bonds is 16. The van der Waals surface area contributed by atoms with Crippen molar-refractivity contribution in [2.75, 3.05) is 11.1 Å². The van der Waals surface area contributed by atoms with Crippen molar-refractivity contribution < 1.29 is 14.4 Å². The van der Waals surface area contributed by atoms with Crippen molar-refractivity contribution in [1.82, 2.24) is 10.9 Å². The number of hydrazine groups is 1. The summed E-state index contributed by atoms with van der Waals surface area (Å²) < 4.78 is 0. The Morgan fingerprint density at radius 3 is 2.06 bits per heavy atom. The molecule has 3 amide bonds. The van der Waals surface area contributed by atoms with Crippen LogP contribution in [0.5, 0.6) is 0 Å². The molecule has 0 aliphatic rings. The molecule has 0 aliphatic heterocycles. The van der Waals surface area contributed by atoms with Crippen LogP contribution in [-0.4, -0.2) is 23.5 Å². The van der Waals surface area contributed by atoms with Gasteiger partial charge in [-0.2, -0.15) is 0 Å². The van der Waals surface area contributed by atoms with Crippen molar-refractivity contribution in [2.45, 2.75) is 76.9 Å². The Labute approximate surface area is 214 Å². The minimum atomic E-state index is -0.467. The van der Waals surface area contributed by atoms with Gasteiger partial charge in [0, 0.05) is 12.2 Å². The first-order valence-corrected chi connectivity index (χ1v) is 13.9. The minimum absolute atomic E-state index is 0.102. The van der Waals surface area contributed by atoms with Crippen molar-refractivity contribution in [3.05, 3.63) is 65.7 Å². The first-order valence-electron chi connectivity index (χ1n) is 12.7. The molecule has 7 heteroatoms. The van der Waals surface area contributed by atoms with Crippen LogP contribution >= 0.6 is 11.8 Å². The van der Waals surface area contributed by atoms with Gasteiger partial charge in [-0.15, -0.1) is 11.8 Å². The number of unbranched alkanes of at least 4 members (excludes halogenated alkanes) is 8. The topological polar surface area (TPSA) is 87.3 Å². The average molecular weight is 498 g/mol. The highest BCUT2D eigenvalue weighted by molar-refractivity contribution is 7.99. The van der Waals surface area contributed by atoms with Gasteiger partial charge in [0.25, 0.3) is 5.91 Å². The smallest absolute Gasteiger partial charge is 0.271 e. The fraction of sp³-hybridized carbons (Fsp3) is 0.464. The number of anilines is 1. The lowest BCUT2D eigenvalue weighted by molar-refractivity contribution is -0.119. The van der Waals surface area contributed by atoms with E-state index in [4.69, 9.17) is 0 Å². The third-order valence-electron chi connectivity index (χ3n) is 5.61. The summed E-state index contributed by atoms with van der Waals surface area (Å²) in [5.74, 6) is 0.0913. The number of benzene rings is 2. The van der Waals surface area contributed by atoms with Crippen molar-refractivity contribution in [3.63, 3.8) is 0 Å². The van der Waals surface area contributed by atoms with Crippen LogP contribution in [0.4, 0.5) is 5.69 Å². The van der Waals surface area contributed by atoms with E-state index < -0.39 is 5.91 Å². The summed E-state index contributed by atoms with van der Waals surface area (Å²) in [6.45, 7) is 2.22. The van der Waals surface area contributed by atoms with Crippen LogP contribution in [0.25, 0.3) is 0 Å². The molecule has 35 heavy (non-hydrogen) atoms. The maximum atomic E-state index is 12.6. The molecule has 0 bridgehead atoms. The summed E-state index contributed by atoms with van der Waals surface area (Å²) in [5, 5.41) is 2.84. The summed E-state index contributed by atoms with van der Waals surface area (Å²) in [5.41, 5.74) is 6.78. The third-order valence-corrected chi connectivity index (χ3v) is 6.62. The summed E-state index contributed by atoms with van der Waals surface area (Å²) in [6.07, 6.45) is 11.2. The van der Waals surface area contributed by atoms with Gasteiger partial charge in [-0.1, -0.05) is 101 Å². The van der Waals surface area contributed by atoms with Gasteiger partial charge in [-0.3, -0.25) is 25.2 Å². The van der Waals surface area contributed by atoms with E-state index in [1.807, 2.05) is 30.3 Å². The molecule has 3 N–H and O–H groups in total. The van der Waals surface area contributed by atoms with Gasteiger partial charge in [0.05, 0.1) is 17.0 Å². The van der Waals surface area contributed by atoms with E-state index in [9.17, 15) is 14.4 Å². The Morgan fingerprint density at radius 1 is 0.714 bits per heavy atom. The average Bonchev–Trinajstić information content (AvgIpc) is 2.87. The molecule has 0 aliphatic carbocycles. The predicted octanol–water partition coefficient (Wildman–Crippen LogP) is 6.24. The Balaban J connectivity index is 1.66. The van der Waals surface area contributed by atoms with Gasteiger partial charge >= 0.3 is 0 Å². The Hall–Kier alpha value is -2.80. The summed E-state index contributed by atoms with van der Waals surface area (Å²) in [6, 6.07) is 16.7. The molecule has 0 atom stereocenters. The highest BCUT2D eigenvalue weighted by atomic mass is 32.2. The normalized spacial score (nSPS) is 10.5. The van der Waals surface area contributed by atoms with Gasteiger partial charge in [-0.25, -0.2) is 0 Å². The summed E-state index contributed by atoms with van der Waals surface area (Å²) >= 11 is 1.47. The largest absolute Gasteiger partial charge is 0.325 e. The van der Waals surface area contributed by atoms with E-state index >= 15 is 0 Å². The van der Waals surface area contributed by atoms with Crippen LogP contribution in [0.15, 0.2) is 54.6 Å². The van der Waals surface area contributed by atoms with E-state index in [0.29, 0.717) is 17.7 Å². The number of hydrogen-bond donors (Lipinski definition) is 3. The zero-order valence-electron chi connectivity index (χ0n) is 20.8. The zero-order valence-corrected chi connectivity index (χ0v) is 21.6.